The number of sulfonamides is 2. The number of nitrogens with zero attached hydrogens (tertiary/aromatic N) is 2. The smallest absolute Gasteiger partial charge is 0.243 e. The molecule has 0 unspecified atom stereocenters. The van der Waals surface area contributed by atoms with E-state index in [1.54, 1.807) is 49.4 Å². The Hall–Kier alpha value is -3.25. The van der Waals surface area contributed by atoms with Crippen molar-refractivity contribution in [2.75, 3.05) is 27.7 Å². The van der Waals surface area contributed by atoms with Gasteiger partial charge in [0.05, 0.1) is 23.4 Å². The lowest BCUT2D eigenvalue weighted by Crippen LogP contribution is -2.40. The minimum atomic E-state index is -4.01. The molecule has 0 aliphatic rings. The minimum Gasteiger partial charge on any atom is -0.496 e. The van der Waals surface area contributed by atoms with Crippen molar-refractivity contribution in [1.29, 1.82) is 0 Å². The summed E-state index contributed by atoms with van der Waals surface area (Å²) in [5, 5.41) is 2.72. The number of rotatable bonds is 11. The van der Waals surface area contributed by atoms with Crippen LogP contribution in [-0.2, 0) is 37.9 Å². The molecule has 0 aromatic heterocycles. The van der Waals surface area contributed by atoms with Crippen LogP contribution >= 0.6 is 0 Å². The lowest BCUT2D eigenvalue weighted by atomic mass is 10.2. The predicted octanol–water partition coefficient (Wildman–Crippen LogP) is 2.76. The fourth-order valence-corrected chi connectivity index (χ4v) is 5.95. The average Bonchev–Trinajstić information content (AvgIpc) is 2.87. The van der Waals surface area contributed by atoms with Crippen molar-refractivity contribution in [2.24, 2.45) is 0 Å². The molecule has 0 saturated carbocycles. The van der Waals surface area contributed by atoms with Crippen LogP contribution in [0.15, 0.2) is 82.6 Å². The zero-order valence-corrected chi connectivity index (χ0v) is 22.8. The van der Waals surface area contributed by atoms with E-state index in [2.05, 4.69) is 5.32 Å². The Bertz CT molecular complexity index is 1440. The first-order chi connectivity index (χ1) is 17.4. The summed E-state index contributed by atoms with van der Waals surface area (Å²) in [5.41, 5.74) is 2.07. The maximum Gasteiger partial charge on any atom is 0.243 e. The van der Waals surface area contributed by atoms with E-state index in [0.717, 1.165) is 14.2 Å². The zero-order valence-electron chi connectivity index (χ0n) is 21.2. The van der Waals surface area contributed by atoms with E-state index in [-0.39, 0.29) is 22.9 Å². The van der Waals surface area contributed by atoms with Gasteiger partial charge in [-0.2, -0.15) is 4.31 Å². The van der Waals surface area contributed by atoms with Crippen LogP contribution in [0.5, 0.6) is 5.75 Å². The number of carbonyl (C=O) groups is 1. The molecule has 3 aromatic carbocycles. The molecule has 3 rings (SSSR count). The molecule has 198 valence electrons. The third-order valence-electron chi connectivity index (χ3n) is 5.72. The first kappa shape index (κ1) is 28.3. The van der Waals surface area contributed by atoms with Gasteiger partial charge in [0.2, 0.25) is 26.0 Å². The molecule has 0 spiro atoms. The topological polar surface area (TPSA) is 113 Å². The Kier molecular flexibility index (Phi) is 9.08. The number of amides is 1. The van der Waals surface area contributed by atoms with Crippen molar-refractivity contribution >= 4 is 26.0 Å². The van der Waals surface area contributed by atoms with Gasteiger partial charge in [0, 0.05) is 27.2 Å². The van der Waals surface area contributed by atoms with Crippen LogP contribution in [0.2, 0.25) is 0 Å². The molecule has 11 heteroatoms. The third kappa shape index (κ3) is 6.95. The molecular formula is C26H31N3O6S2. The number of nitrogens with one attached hydrogen (secondary N) is 1. The third-order valence-corrected chi connectivity index (χ3v) is 9.33. The number of ether oxygens (including phenoxy) is 1. The van der Waals surface area contributed by atoms with E-state index in [0.29, 0.717) is 16.9 Å². The second-order valence-electron chi connectivity index (χ2n) is 8.60. The van der Waals surface area contributed by atoms with Crippen molar-refractivity contribution in [3.05, 3.63) is 89.5 Å². The molecule has 3 aromatic rings. The summed E-state index contributed by atoms with van der Waals surface area (Å²) in [6.07, 6.45) is 0. The van der Waals surface area contributed by atoms with Crippen LogP contribution in [0, 0.1) is 6.92 Å². The summed E-state index contributed by atoms with van der Waals surface area (Å²) in [4.78, 5) is 13.0. The molecule has 1 amide bonds. The van der Waals surface area contributed by atoms with E-state index in [1.807, 2.05) is 6.07 Å². The number of methoxy groups -OCH3 is 1. The van der Waals surface area contributed by atoms with Crippen LogP contribution in [-0.4, -0.2) is 59.1 Å². The van der Waals surface area contributed by atoms with Gasteiger partial charge in [0.25, 0.3) is 0 Å². The molecule has 0 bridgehead atoms. The summed E-state index contributed by atoms with van der Waals surface area (Å²) < 4.78 is 59.0. The first-order valence-electron chi connectivity index (χ1n) is 11.4. The zero-order chi connectivity index (χ0) is 27.2. The monoisotopic (exact) mass is 545 g/mol. The standard InChI is InChI=1S/C26H31N3O6S2/c1-20-16-24(14-15-25(20)35-4)37(33,34)29(18-22-8-6-5-7-9-22)19-26(30)27-17-21-10-12-23(13-11-21)36(31,32)28(2)3/h5-16H,17-19H2,1-4H3,(H,27,30). The van der Waals surface area contributed by atoms with Gasteiger partial charge >= 0.3 is 0 Å². The van der Waals surface area contributed by atoms with Gasteiger partial charge in [0.1, 0.15) is 5.75 Å². The van der Waals surface area contributed by atoms with Crippen molar-refractivity contribution in [3.63, 3.8) is 0 Å². The van der Waals surface area contributed by atoms with E-state index in [1.165, 1.54) is 45.5 Å². The quantitative estimate of drug-likeness (QED) is 0.397. The molecule has 0 heterocycles. The number of aryl methyl sites for hydroxylation is 1. The van der Waals surface area contributed by atoms with Crippen LogP contribution in [0.3, 0.4) is 0 Å². The van der Waals surface area contributed by atoms with Crippen molar-refractivity contribution in [3.8, 4) is 5.75 Å². The Morgan fingerprint density at radius 2 is 1.46 bits per heavy atom. The minimum absolute atomic E-state index is 0.0127. The van der Waals surface area contributed by atoms with Crippen LogP contribution in [0.4, 0.5) is 0 Å². The summed E-state index contributed by atoms with van der Waals surface area (Å²) in [6, 6.07) is 19.7. The lowest BCUT2D eigenvalue weighted by molar-refractivity contribution is -0.121. The first-order valence-corrected chi connectivity index (χ1v) is 14.3. The average molecular weight is 546 g/mol. The van der Waals surface area contributed by atoms with Gasteiger partial charge in [-0.3, -0.25) is 4.79 Å². The van der Waals surface area contributed by atoms with Gasteiger partial charge in [0.15, 0.2) is 0 Å². The van der Waals surface area contributed by atoms with E-state index < -0.39 is 32.5 Å². The Balaban J connectivity index is 1.77. The van der Waals surface area contributed by atoms with Crippen LogP contribution < -0.4 is 10.1 Å². The van der Waals surface area contributed by atoms with Gasteiger partial charge in [-0.05, 0) is 53.9 Å². The molecule has 0 atom stereocenters. The fourth-order valence-electron chi connectivity index (χ4n) is 3.58. The second kappa shape index (κ2) is 11.9. The molecular weight excluding hydrogens is 514 g/mol. The number of hydrogen-bond acceptors (Lipinski definition) is 6. The molecule has 9 nitrogen and oxygen atoms in total. The molecule has 0 aliphatic carbocycles. The highest BCUT2D eigenvalue weighted by Crippen LogP contribution is 2.25. The number of benzene rings is 3. The normalized spacial score (nSPS) is 12.1. The fraction of sp³-hybridized carbons (Fsp3) is 0.269. The van der Waals surface area contributed by atoms with Gasteiger partial charge in [-0.25, -0.2) is 21.1 Å². The summed E-state index contributed by atoms with van der Waals surface area (Å²) in [5.74, 6) is 0.0745. The molecule has 0 fully saturated rings. The Morgan fingerprint density at radius 3 is 2.03 bits per heavy atom. The second-order valence-corrected chi connectivity index (χ2v) is 12.7. The Labute approximate surface area is 218 Å². The number of hydrogen-bond donors (Lipinski definition) is 1. The summed E-state index contributed by atoms with van der Waals surface area (Å²) in [7, 11) is -3.15. The van der Waals surface area contributed by atoms with Crippen molar-refractivity contribution in [1.82, 2.24) is 13.9 Å². The van der Waals surface area contributed by atoms with Crippen LogP contribution in [0.25, 0.3) is 0 Å². The Morgan fingerprint density at radius 1 is 0.838 bits per heavy atom. The molecule has 0 radical (unpaired) electrons. The van der Waals surface area contributed by atoms with Gasteiger partial charge in [-0.15, -0.1) is 0 Å². The maximum atomic E-state index is 13.5. The van der Waals surface area contributed by atoms with Gasteiger partial charge < -0.3 is 10.1 Å². The lowest BCUT2D eigenvalue weighted by Gasteiger charge is -2.22. The van der Waals surface area contributed by atoms with E-state index >= 15 is 0 Å². The number of carbonyl (C=O) groups excluding carboxylic acids is 1. The largest absolute Gasteiger partial charge is 0.496 e. The highest BCUT2D eigenvalue weighted by Gasteiger charge is 2.27. The maximum absolute atomic E-state index is 13.5. The molecule has 1 N–H and O–H groups in total. The summed E-state index contributed by atoms with van der Waals surface area (Å²) in [6.45, 7) is 1.48. The van der Waals surface area contributed by atoms with E-state index in [4.69, 9.17) is 4.74 Å². The SMILES string of the molecule is COc1ccc(S(=O)(=O)N(CC(=O)NCc2ccc(S(=O)(=O)N(C)C)cc2)Cc2ccccc2)cc1C. The van der Waals surface area contributed by atoms with E-state index in [9.17, 15) is 21.6 Å². The summed E-state index contributed by atoms with van der Waals surface area (Å²) >= 11 is 0. The van der Waals surface area contributed by atoms with Crippen LogP contribution in [0.1, 0.15) is 16.7 Å². The highest BCUT2D eigenvalue weighted by molar-refractivity contribution is 7.89. The predicted molar refractivity (Wildman–Crippen MR) is 141 cm³/mol. The highest BCUT2D eigenvalue weighted by atomic mass is 32.2. The molecule has 0 aliphatic heterocycles. The molecule has 37 heavy (non-hydrogen) atoms. The molecule has 0 saturated heterocycles. The van der Waals surface area contributed by atoms with Gasteiger partial charge in [-0.1, -0.05) is 42.5 Å². The van der Waals surface area contributed by atoms with Crippen molar-refractivity contribution < 1.29 is 26.4 Å². The van der Waals surface area contributed by atoms with Crippen molar-refractivity contribution in [2.45, 2.75) is 29.8 Å².